The Kier molecular flexibility index (Phi) is 5.00. The van der Waals surface area contributed by atoms with Crippen LogP contribution in [0.3, 0.4) is 0 Å². The topological polar surface area (TPSA) is 45.7 Å². The number of amides is 1. The van der Waals surface area contributed by atoms with Crippen LogP contribution < -0.4 is 0 Å². The van der Waals surface area contributed by atoms with Crippen LogP contribution in [0, 0.1) is 0 Å². The predicted octanol–water partition coefficient (Wildman–Crippen LogP) is 1.91. The second-order valence-corrected chi connectivity index (χ2v) is 7.25. The molecule has 1 aromatic carbocycles. The van der Waals surface area contributed by atoms with Crippen molar-refractivity contribution in [3.63, 3.8) is 0 Å². The van der Waals surface area contributed by atoms with E-state index >= 15 is 0 Å². The second kappa shape index (κ2) is 7.56. The van der Waals surface area contributed by atoms with Gasteiger partial charge in [0.2, 0.25) is 5.91 Å². The summed E-state index contributed by atoms with van der Waals surface area (Å²) in [5.74, 6) is 0.171. The Balaban J connectivity index is 1.48. The number of aromatic nitrogens is 1. The molecule has 5 nitrogen and oxygen atoms in total. The number of carbonyl (C=O) groups is 1. The third kappa shape index (κ3) is 3.64. The van der Waals surface area contributed by atoms with E-state index in [0.29, 0.717) is 25.7 Å². The van der Waals surface area contributed by atoms with Gasteiger partial charge in [0, 0.05) is 45.2 Å². The molecule has 1 aliphatic heterocycles. The van der Waals surface area contributed by atoms with Crippen molar-refractivity contribution in [2.45, 2.75) is 31.5 Å². The minimum atomic E-state index is 0.0295. The molecular weight excluding hydrogens is 326 g/mol. The largest absolute Gasteiger partial charge is 0.378 e. The fourth-order valence-corrected chi connectivity index (χ4v) is 4.09. The van der Waals surface area contributed by atoms with E-state index < -0.39 is 0 Å². The van der Waals surface area contributed by atoms with Gasteiger partial charge in [-0.15, -0.1) is 0 Å². The number of methoxy groups -OCH3 is 1. The highest BCUT2D eigenvalue weighted by molar-refractivity contribution is 5.78. The first-order chi connectivity index (χ1) is 12.7. The maximum Gasteiger partial charge on any atom is 0.237 e. The van der Waals surface area contributed by atoms with E-state index in [-0.39, 0.29) is 12.0 Å². The van der Waals surface area contributed by atoms with Crippen LogP contribution >= 0.6 is 0 Å². The quantitative estimate of drug-likeness (QED) is 0.844. The number of nitrogens with zero attached hydrogens (tertiary/aromatic N) is 3. The molecular formula is C21H25N3O2. The Bertz CT molecular complexity index is 740. The van der Waals surface area contributed by atoms with Gasteiger partial charge in [-0.2, -0.15) is 0 Å². The monoisotopic (exact) mass is 351 g/mol. The van der Waals surface area contributed by atoms with E-state index in [1.54, 1.807) is 13.3 Å². The summed E-state index contributed by atoms with van der Waals surface area (Å²) in [6.07, 6.45) is 5.64. The lowest BCUT2D eigenvalue weighted by Gasteiger charge is -2.28. The minimum absolute atomic E-state index is 0.0295. The minimum Gasteiger partial charge on any atom is -0.378 e. The van der Waals surface area contributed by atoms with E-state index in [1.165, 1.54) is 11.1 Å². The molecule has 1 aliphatic carbocycles. The summed E-state index contributed by atoms with van der Waals surface area (Å²) in [5, 5.41) is 0. The smallest absolute Gasteiger partial charge is 0.237 e. The molecule has 0 bridgehead atoms. The van der Waals surface area contributed by atoms with E-state index in [9.17, 15) is 4.79 Å². The molecule has 1 saturated heterocycles. The Morgan fingerprint density at radius 3 is 2.54 bits per heavy atom. The zero-order valence-corrected chi connectivity index (χ0v) is 15.2. The van der Waals surface area contributed by atoms with E-state index in [2.05, 4.69) is 34.1 Å². The van der Waals surface area contributed by atoms with Crippen molar-refractivity contribution in [2.75, 3.05) is 26.7 Å². The Labute approximate surface area is 154 Å². The lowest BCUT2D eigenvalue weighted by atomic mass is 10.1. The van der Waals surface area contributed by atoms with Crippen LogP contribution in [-0.4, -0.2) is 59.6 Å². The number of rotatable bonds is 4. The van der Waals surface area contributed by atoms with Gasteiger partial charge in [-0.05, 0) is 35.6 Å². The van der Waals surface area contributed by atoms with Crippen LogP contribution in [0.25, 0.3) is 0 Å². The summed E-state index contributed by atoms with van der Waals surface area (Å²) in [6, 6.07) is 12.9. The first-order valence-electron chi connectivity index (χ1n) is 9.23. The molecule has 2 heterocycles. The maximum absolute atomic E-state index is 12.9. The van der Waals surface area contributed by atoms with Crippen molar-refractivity contribution in [3.8, 4) is 0 Å². The molecule has 2 aliphatic rings. The molecule has 0 N–H and O–H groups in total. The molecule has 0 spiro atoms. The first kappa shape index (κ1) is 17.2. The normalized spacial score (nSPS) is 21.7. The SMILES string of the molecule is COC1CN(Cc2cccnc2)C(=O)CN(C2Cc3ccccc3C2)C1. The summed E-state index contributed by atoms with van der Waals surface area (Å²) in [7, 11) is 1.74. The van der Waals surface area contributed by atoms with Gasteiger partial charge in [0.1, 0.15) is 0 Å². The molecule has 1 fully saturated rings. The Hall–Kier alpha value is -2.24. The molecule has 4 rings (SSSR count). The highest BCUT2D eigenvalue weighted by Crippen LogP contribution is 2.26. The lowest BCUT2D eigenvalue weighted by molar-refractivity contribution is -0.132. The predicted molar refractivity (Wildman–Crippen MR) is 99.7 cm³/mol. The van der Waals surface area contributed by atoms with Gasteiger partial charge in [0.15, 0.2) is 0 Å². The lowest BCUT2D eigenvalue weighted by Crippen LogP contribution is -2.42. The summed E-state index contributed by atoms with van der Waals surface area (Å²) < 4.78 is 5.70. The third-order valence-corrected chi connectivity index (χ3v) is 5.53. The van der Waals surface area contributed by atoms with Crippen molar-refractivity contribution in [1.82, 2.24) is 14.8 Å². The molecule has 5 heteroatoms. The average molecular weight is 351 g/mol. The van der Waals surface area contributed by atoms with Gasteiger partial charge < -0.3 is 9.64 Å². The summed E-state index contributed by atoms with van der Waals surface area (Å²) in [5.41, 5.74) is 3.88. The van der Waals surface area contributed by atoms with Crippen molar-refractivity contribution in [1.29, 1.82) is 0 Å². The Morgan fingerprint density at radius 1 is 1.12 bits per heavy atom. The van der Waals surface area contributed by atoms with Gasteiger partial charge in [0.05, 0.1) is 12.6 Å². The van der Waals surface area contributed by atoms with E-state index in [0.717, 1.165) is 24.9 Å². The molecule has 26 heavy (non-hydrogen) atoms. The average Bonchev–Trinajstić information content (AvgIpc) is 3.04. The molecule has 1 atom stereocenters. The molecule has 1 unspecified atom stereocenters. The van der Waals surface area contributed by atoms with Gasteiger partial charge in [-0.1, -0.05) is 30.3 Å². The standard InChI is InChI=1S/C21H25N3O2/c1-26-20-13-23(19-9-17-6-2-3-7-18(17)10-19)15-21(25)24(14-20)12-16-5-4-8-22-11-16/h2-8,11,19-20H,9-10,12-15H2,1H3. The summed E-state index contributed by atoms with van der Waals surface area (Å²) >= 11 is 0. The van der Waals surface area contributed by atoms with E-state index in [1.807, 2.05) is 23.2 Å². The van der Waals surface area contributed by atoms with Crippen molar-refractivity contribution in [3.05, 3.63) is 65.5 Å². The van der Waals surface area contributed by atoms with E-state index in [4.69, 9.17) is 4.74 Å². The zero-order valence-electron chi connectivity index (χ0n) is 15.2. The molecule has 2 aromatic rings. The number of hydrogen-bond acceptors (Lipinski definition) is 4. The van der Waals surface area contributed by atoms with Crippen LogP contribution in [-0.2, 0) is 28.9 Å². The molecule has 1 amide bonds. The van der Waals surface area contributed by atoms with Gasteiger partial charge in [0.25, 0.3) is 0 Å². The number of hydrogen-bond donors (Lipinski definition) is 0. The highest BCUT2D eigenvalue weighted by atomic mass is 16.5. The van der Waals surface area contributed by atoms with Gasteiger partial charge in [-0.25, -0.2) is 0 Å². The van der Waals surface area contributed by atoms with Crippen molar-refractivity contribution >= 4 is 5.91 Å². The van der Waals surface area contributed by atoms with Crippen LogP contribution in [0.15, 0.2) is 48.8 Å². The number of fused-ring (bicyclic) bond motifs is 1. The maximum atomic E-state index is 12.9. The van der Waals surface area contributed by atoms with Crippen LogP contribution in [0.4, 0.5) is 0 Å². The van der Waals surface area contributed by atoms with Crippen molar-refractivity contribution < 1.29 is 9.53 Å². The fraction of sp³-hybridized carbons (Fsp3) is 0.429. The second-order valence-electron chi connectivity index (χ2n) is 7.25. The molecule has 136 valence electrons. The van der Waals surface area contributed by atoms with Gasteiger partial charge >= 0.3 is 0 Å². The summed E-state index contributed by atoms with van der Waals surface area (Å²) in [6.45, 7) is 2.47. The third-order valence-electron chi connectivity index (χ3n) is 5.53. The zero-order chi connectivity index (χ0) is 17.9. The number of benzene rings is 1. The Morgan fingerprint density at radius 2 is 1.88 bits per heavy atom. The molecule has 0 saturated carbocycles. The fourth-order valence-electron chi connectivity index (χ4n) is 4.09. The van der Waals surface area contributed by atoms with Crippen LogP contribution in [0.5, 0.6) is 0 Å². The first-order valence-corrected chi connectivity index (χ1v) is 9.23. The number of carbonyl (C=O) groups excluding carboxylic acids is 1. The highest BCUT2D eigenvalue weighted by Gasteiger charge is 2.34. The number of ether oxygens (including phenoxy) is 1. The van der Waals surface area contributed by atoms with Crippen molar-refractivity contribution in [2.24, 2.45) is 0 Å². The van der Waals surface area contributed by atoms with Crippen LogP contribution in [0.1, 0.15) is 16.7 Å². The number of pyridine rings is 1. The molecule has 1 aromatic heterocycles. The van der Waals surface area contributed by atoms with Gasteiger partial charge in [-0.3, -0.25) is 14.7 Å². The van der Waals surface area contributed by atoms with Crippen LogP contribution in [0.2, 0.25) is 0 Å². The summed E-state index contributed by atoms with van der Waals surface area (Å²) in [4.78, 5) is 21.3. The molecule has 0 radical (unpaired) electrons.